The van der Waals surface area contributed by atoms with Crippen molar-refractivity contribution in [2.75, 3.05) is 33.4 Å². The van der Waals surface area contributed by atoms with E-state index in [1.54, 1.807) is 24.3 Å². The van der Waals surface area contributed by atoms with Gasteiger partial charge in [0.25, 0.3) is 5.56 Å². The fraction of sp³-hybridized carbons (Fsp3) is 0.296. The Morgan fingerprint density at radius 2 is 1.89 bits per heavy atom. The maximum atomic E-state index is 13.3. The number of aldehydes is 1. The number of nitrogens with zero attached hydrogens (tertiary/aromatic N) is 4. The number of nitriles is 1. The highest BCUT2D eigenvalue weighted by Crippen LogP contribution is 2.12. The Bertz CT molecular complexity index is 1410. The van der Waals surface area contributed by atoms with Crippen molar-refractivity contribution in [1.82, 2.24) is 19.6 Å². The average molecular weight is 472 g/mol. The van der Waals surface area contributed by atoms with Crippen molar-refractivity contribution in [2.24, 2.45) is 0 Å². The number of carbonyl (C=O) groups is 1. The van der Waals surface area contributed by atoms with Gasteiger partial charge < -0.3 is 9.64 Å². The first-order chi connectivity index (χ1) is 17.0. The predicted octanol–water partition coefficient (Wildman–Crippen LogP) is 1.11. The fourth-order valence-corrected chi connectivity index (χ4v) is 4.24. The van der Waals surface area contributed by atoms with Gasteiger partial charge in [0, 0.05) is 45.0 Å². The van der Waals surface area contributed by atoms with Crippen LogP contribution in [-0.4, -0.2) is 59.2 Å². The largest absolute Gasteiger partial charge is 0.379 e. The fourth-order valence-electron chi connectivity index (χ4n) is 4.24. The molecule has 8 nitrogen and oxygen atoms in total. The van der Waals surface area contributed by atoms with Crippen LogP contribution in [0.1, 0.15) is 23.6 Å². The van der Waals surface area contributed by atoms with E-state index in [-0.39, 0.29) is 5.56 Å². The Labute approximate surface area is 203 Å². The number of morpholine rings is 1. The number of benzene rings is 2. The molecule has 8 heteroatoms. The zero-order chi connectivity index (χ0) is 24.8. The average Bonchev–Trinajstić information content (AvgIpc) is 3.21. The number of rotatable bonds is 7. The van der Waals surface area contributed by atoms with Crippen LogP contribution >= 0.6 is 0 Å². The van der Waals surface area contributed by atoms with Crippen molar-refractivity contribution < 1.29 is 9.53 Å². The van der Waals surface area contributed by atoms with Crippen LogP contribution in [0.25, 0.3) is 17.5 Å². The number of ether oxygens (including phenoxy) is 1. The third-order valence-electron chi connectivity index (χ3n) is 6.27. The quantitative estimate of drug-likeness (QED) is 0.519. The van der Waals surface area contributed by atoms with Crippen LogP contribution in [0.5, 0.6) is 0 Å². The monoisotopic (exact) mass is 471 g/mol. The lowest BCUT2D eigenvalue weighted by Crippen LogP contribution is -2.40. The zero-order valence-corrected chi connectivity index (χ0v) is 20.0. The van der Waals surface area contributed by atoms with E-state index in [0.717, 1.165) is 44.1 Å². The minimum Gasteiger partial charge on any atom is -0.379 e. The van der Waals surface area contributed by atoms with Gasteiger partial charge in [-0.15, -0.1) is 0 Å². The van der Waals surface area contributed by atoms with Gasteiger partial charge in [-0.2, -0.15) is 5.26 Å². The van der Waals surface area contributed by atoms with Crippen LogP contribution in [0.15, 0.2) is 53.3 Å². The highest BCUT2D eigenvalue weighted by molar-refractivity contribution is 5.85. The molecule has 2 heterocycles. The van der Waals surface area contributed by atoms with E-state index in [4.69, 9.17) is 4.74 Å². The second kappa shape index (κ2) is 11.0. The lowest BCUT2D eigenvalue weighted by atomic mass is 10.1. The lowest BCUT2D eigenvalue weighted by molar-refractivity contribution is -0.103. The molecule has 0 saturated carbocycles. The van der Waals surface area contributed by atoms with E-state index in [1.165, 1.54) is 16.3 Å². The standard InChI is InChI=1S/C27H29N5O3/c1-20(30(2)18-21-6-8-22(9-7-21)19-31-11-14-35-15-12-31)26-25(10-13-33)29-32(27(26)34)24-5-3-4-23(16-24)17-28/h3-10,13,16,29H,11-12,14-15,18-19H2,1-2H3/b25-10+,26-20+. The first-order valence-corrected chi connectivity index (χ1v) is 11.6. The molecule has 180 valence electrons. The first kappa shape index (κ1) is 24.2. The Morgan fingerprint density at radius 3 is 2.57 bits per heavy atom. The normalized spacial score (nSPS) is 15.5. The van der Waals surface area contributed by atoms with Crippen molar-refractivity contribution >= 4 is 18.1 Å². The van der Waals surface area contributed by atoms with Crippen LogP contribution in [0.4, 0.5) is 0 Å². The summed E-state index contributed by atoms with van der Waals surface area (Å²) in [4.78, 5) is 29.0. The summed E-state index contributed by atoms with van der Waals surface area (Å²) in [5, 5.41) is 13.1. The number of hydrogen-bond acceptors (Lipinski definition) is 6. The van der Waals surface area contributed by atoms with Gasteiger partial charge in [0.1, 0.15) is 6.29 Å². The van der Waals surface area contributed by atoms with Gasteiger partial charge in [0.05, 0.1) is 41.1 Å². The van der Waals surface area contributed by atoms with Crippen molar-refractivity contribution in [3.63, 3.8) is 0 Å². The summed E-state index contributed by atoms with van der Waals surface area (Å²) in [6.45, 7) is 6.86. The van der Waals surface area contributed by atoms with Crippen molar-refractivity contribution in [3.8, 4) is 11.8 Å². The highest BCUT2D eigenvalue weighted by Gasteiger charge is 2.13. The molecule has 0 radical (unpaired) electrons. The molecule has 3 aromatic rings. The van der Waals surface area contributed by atoms with Crippen LogP contribution in [0.2, 0.25) is 0 Å². The second-order valence-electron chi connectivity index (χ2n) is 8.65. The van der Waals surface area contributed by atoms with E-state index in [1.807, 2.05) is 18.9 Å². The SMILES string of the molecule is C/C(=c1\c(=O)n(-c2cccc(C#N)c2)[nH]\c1=C\C=O)N(C)Cc1ccc(CN2CCOCC2)cc1. The summed E-state index contributed by atoms with van der Waals surface area (Å²) in [7, 11) is 1.93. The smallest absolute Gasteiger partial charge is 0.280 e. The van der Waals surface area contributed by atoms with Gasteiger partial charge in [-0.25, -0.2) is 4.68 Å². The molecule has 0 spiro atoms. The maximum absolute atomic E-state index is 13.3. The van der Waals surface area contributed by atoms with E-state index < -0.39 is 0 Å². The summed E-state index contributed by atoms with van der Waals surface area (Å²) in [6.07, 6.45) is 2.00. The van der Waals surface area contributed by atoms with E-state index >= 15 is 0 Å². The molecular formula is C27H29N5O3. The molecular weight excluding hydrogens is 442 g/mol. The molecule has 0 aliphatic carbocycles. The maximum Gasteiger partial charge on any atom is 0.280 e. The molecule has 0 bridgehead atoms. The van der Waals surface area contributed by atoms with Gasteiger partial charge in [-0.3, -0.25) is 19.6 Å². The Morgan fingerprint density at radius 1 is 1.17 bits per heavy atom. The lowest BCUT2D eigenvalue weighted by Gasteiger charge is -2.26. The van der Waals surface area contributed by atoms with Gasteiger partial charge >= 0.3 is 0 Å². The zero-order valence-electron chi connectivity index (χ0n) is 20.0. The third-order valence-corrected chi connectivity index (χ3v) is 6.27. The molecule has 1 aromatic heterocycles. The van der Waals surface area contributed by atoms with Crippen molar-refractivity contribution in [3.05, 3.63) is 86.1 Å². The number of aromatic nitrogens is 2. The van der Waals surface area contributed by atoms with Crippen molar-refractivity contribution in [1.29, 1.82) is 5.26 Å². The van der Waals surface area contributed by atoms with Gasteiger partial charge in [-0.1, -0.05) is 30.3 Å². The Kier molecular flexibility index (Phi) is 7.60. The summed E-state index contributed by atoms with van der Waals surface area (Å²) >= 11 is 0. The number of aromatic amines is 1. The summed E-state index contributed by atoms with van der Waals surface area (Å²) in [5.74, 6) is 0. The number of H-pyrrole nitrogens is 1. The highest BCUT2D eigenvalue weighted by atomic mass is 16.5. The molecule has 1 N–H and O–H groups in total. The number of nitrogens with one attached hydrogen (secondary N) is 1. The molecule has 0 unspecified atom stereocenters. The molecule has 1 aliphatic rings. The van der Waals surface area contributed by atoms with Crippen LogP contribution in [0.3, 0.4) is 0 Å². The first-order valence-electron chi connectivity index (χ1n) is 11.6. The second-order valence-corrected chi connectivity index (χ2v) is 8.65. The number of hydrogen-bond donors (Lipinski definition) is 1. The van der Waals surface area contributed by atoms with Gasteiger partial charge in [0.2, 0.25) is 0 Å². The third kappa shape index (κ3) is 5.60. The molecule has 4 rings (SSSR count). The van der Waals surface area contributed by atoms with E-state index in [2.05, 4.69) is 40.3 Å². The Hall–Kier alpha value is -3.93. The van der Waals surface area contributed by atoms with Crippen LogP contribution < -0.4 is 16.1 Å². The predicted molar refractivity (Wildman–Crippen MR) is 134 cm³/mol. The molecule has 1 saturated heterocycles. The summed E-state index contributed by atoms with van der Waals surface area (Å²) < 4.78 is 6.78. The topological polar surface area (TPSA) is 94.4 Å². The summed E-state index contributed by atoms with van der Waals surface area (Å²) in [6, 6.07) is 17.4. The molecule has 2 aromatic carbocycles. The Balaban J connectivity index is 1.61. The van der Waals surface area contributed by atoms with Crippen LogP contribution in [-0.2, 0) is 22.6 Å². The van der Waals surface area contributed by atoms with Gasteiger partial charge in [0.15, 0.2) is 0 Å². The van der Waals surface area contributed by atoms with E-state index in [9.17, 15) is 14.9 Å². The van der Waals surface area contributed by atoms with Gasteiger partial charge in [-0.05, 0) is 36.2 Å². The van der Waals surface area contributed by atoms with Crippen LogP contribution in [0, 0.1) is 11.3 Å². The summed E-state index contributed by atoms with van der Waals surface area (Å²) in [5.41, 5.74) is 3.82. The van der Waals surface area contributed by atoms with E-state index in [0.29, 0.717) is 34.6 Å². The molecule has 0 amide bonds. The minimum absolute atomic E-state index is 0.279. The van der Waals surface area contributed by atoms with Crippen molar-refractivity contribution in [2.45, 2.75) is 20.0 Å². The molecule has 35 heavy (non-hydrogen) atoms. The molecule has 1 aliphatic heterocycles. The minimum atomic E-state index is -0.279. The molecule has 1 fully saturated rings. The number of carbonyl (C=O) groups excluding carboxylic acids is 1. The molecule has 0 atom stereocenters.